The van der Waals surface area contributed by atoms with Crippen molar-refractivity contribution in [2.24, 2.45) is 0 Å². The summed E-state index contributed by atoms with van der Waals surface area (Å²) in [4.78, 5) is 4.97. The molecule has 0 saturated heterocycles. The van der Waals surface area contributed by atoms with Crippen molar-refractivity contribution in [3.8, 4) is 16.6 Å². The largest absolute Gasteiger partial charge is 0.417 e. The Bertz CT molecular complexity index is 865. The van der Waals surface area contributed by atoms with Gasteiger partial charge in [0, 0.05) is 11.0 Å². The molecule has 2 heterocycles. The van der Waals surface area contributed by atoms with Crippen LogP contribution in [0.4, 0.5) is 13.2 Å². The van der Waals surface area contributed by atoms with Crippen LogP contribution in [0.2, 0.25) is 0 Å². The maximum absolute atomic E-state index is 13.6. The fourth-order valence-electron chi connectivity index (χ4n) is 3.39. The average molecular weight is 445 g/mol. The van der Waals surface area contributed by atoms with Crippen LogP contribution in [0, 0.1) is 11.3 Å². The third kappa shape index (κ3) is 4.51. The van der Waals surface area contributed by atoms with Crippen molar-refractivity contribution in [1.82, 2.24) is 4.98 Å². The second-order valence-electron chi connectivity index (χ2n) is 6.68. The van der Waals surface area contributed by atoms with Crippen molar-refractivity contribution >= 4 is 34.9 Å². The van der Waals surface area contributed by atoms with Crippen molar-refractivity contribution in [3.05, 3.63) is 34.7 Å². The molecule has 1 aliphatic carbocycles. The summed E-state index contributed by atoms with van der Waals surface area (Å²) in [6, 6.07) is 6.07. The van der Waals surface area contributed by atoms with E-state index in [1.165, 1.54) is 11.3 Å². The van der Waals surface area contributed by atoms with Crippen molar-refractivity contribution in [2.45, 2.75) is 47.7 Å². The Morgan fingerprint density at radius 2 is 2.21 bits per heavy atom. The molecule has 0 unspecified atom stereocenters. The van der Waals surface area contributed by atoms with Crippen molar-refractivity contribution < 1.29 is 18.3 Å². The van der Waals surface area contributed by atoms with Crippen molar-refractivity contribution in [1.29, 1.82) is 5.26 Å². The summed E-state index contributed by atoms with van der Waals surface area (Å²) in [6.45, 7) is 0. The summed E-state index contributed by atoms with van der Waals surface area (Å²) in [5, 5.41) is 22.3. The first-order valence-corrected chi connectivity index (χ1v) is 11.9. The van der Waals surface area contributed by atoms with Gasteiger partial charge in [-0.05, 0) is 36.6 Å². The lowest BCUT2D eigenvalue weighted by atomic mass is 9.86. The summed E-state index contributed by atoms with van der Waals surface area (Å²) < 4.78 is 40.8. The molecule has 1 saturated carbocycles. The van der Waals surface area contributed by atoms with E-state index in [9.17, 15) is 23.5 Å². The molecular weight excluding hydrogens is 425 g/mol. The average Bonchev–Trinajstić information content (AvgIpc) is 3.20. The van der Waals surface area contributed by atoms with Crippen molar-refractivity contribution in [3.63, 3.8) is 0 Å². The second-order valence-corrected chi connectivity index (χ2v) is 9.64. The number of nitriles is 1. The van der Waals surface area contributed by atoms with E-state index in [2.05, 4.69) is 4.98 Å². The molecule has 3 rings (SSSR count). The van der Waals surface area contributed by atoms with Gasteiger partial charge in [0.1, 0.15) is 11.1 Å². The first-order chi connectivity index (χ1) is 13.3. The molecule has 0 amide bonds. The zero-order valence-electron chi connectivity index (χ0n) is 15.1. The highest BCUT2D eigenvalue weighted by Gasteiger charge is 2.40. The summed E-state index contributed by atoms with van der Waals surface area (Å²) in [5.41, 5.74) is -2.24. The number of hydrogen-bond donors (Lipinski definition) is 1. The number of alkyl halides is 3. The number of pyridine rings is 1. The monoisotopic (exact) mass is 444 g/mol. The minimum atomic E-state index is -4.65. The number of rotatable bonds is 5. The fraction of sp³-hybridized carbons (Fsp3) is 0.474. The number of nitrogens with zero attached hydrogens (tertiary/aromatic N) is 2. The SMILES string of the molecule is CS[C@@H]1CCCC[C@]1(O)CSc1nc(-c2cccs2)cc(C(F)(F)F)c1C#N. The Balaban J connectivity index is 1.99. The third-order valence-corrected chi connectivity index (χ3v) is 8.19. The number of aliphatic hydroxyl groups is 1. The van der Waals surface area contributed by atoms with Gasteiger partial charge in [-0.15, -0.1) is 23.1 Å². The Hall–Kier alpha value is -1.21. The van der Waals surface area contributed by atoms with E-state index in [0.29, 0.717) is 11.3 Å². The van der Waals surface area contributed by atoms with Crippen LogP contribution in [0.3, 0.4) is 0 Å². The number of aromatic nitrogens is 1. The maximum Gasteiger partial charge on any atom is 0.417 e. The number of hydrogen-bond acceptors (Lipinski definition) is 6. The van der Waals surface area contributed by atoms with E-state index in [1.807, 2.05) is 6.26 Å². The summed E-state index contributed by atoms with van der Waals surface area (Å²) >= 11 is 3.92. The predicted molar refractivity (Wildman–Crippen MR) is 109 cm³/mol. The highest BCUT2D eigenvalue weighted by atomic mass is 32.2. The second kappa shape index (κ2) is 8.66. The zero-order chi connectivity index (χ0) is 20.4. The molecule has 3 nitrogen and oxygen atoms in total. The zero-order valence-corrected chi connectivity index (χ0v) is 17.6. The van der Waals surface area contributed by atoms with E-state index >= 15 is 0 Å². The molecule has 0 bridgehead atoms. The Morgan fingerprint density at radius 3 is 2.82 bits per heavy atom. The summed E-state index contributed by atoms with van der Waals surface area (Å²) in [6.07, 6.45) is 0.675. The van der Waals surface area contributed by atoms with E-state index in [0.717, 1.165) is 37.1 Å². The van der Waals surface area contributed by atoms with E-state index in [-0.39, 0.29) is 21.7 Å². The molecule has 0 aromatic carbocycles. The highest BCUT2D eigenvalue weighted by Crippen LogP contribution is 2.42. The van der Waals surface area contributed by atoms with Crippen LogP contribution >= 0.6 is 34.9 Å². The van der Waals surface area contributed by atoms with Gasteiger partial charge in [-0.2, -0.15) is 30.2 Å². The predicted octanol–water partition coefficient (Wildman–Crippen LogP) is 5.83. The van der Waals surface area contributed by atoms with Crippen LogP contribution in [-0.2, 0) is 6.18 Å². The first kappa shape index (κ1) is 21.5. The standard InChI is InChI=1S/C19H19F3N2OS3/c1-26-16-6-2-3-7-18(16,25)11-28-17-12(10-23)13(19(20,21)22)9-14(24-17)15-5-4-8-27-15/h4-5,8-9,16,25H,2-3,6-7,11H2,1H3/t16-,18+/m1/s1. The molecule has 2 aromatic rings. The maximum atomic E-state index is 13.6. The van der Waals surface area contributed by atoms with Gasteiger partial charge >= 0.3 is 6.18 Å². The van der Waals surface area contributed by atoms with Gasteiger partial charge in [-0.1, -0.05) is 18.9 Å². The topological polar surface area (TPSA) is 56.9 Å². The van der Waals surface area contributed by atoms with Gasteiger partial charge < -0.3 is 5.11 Å². The molecule has 28 heavy (non-hydrogen) atoms. The molecule has 1 aliphatic rings. The molecule has 0 spiro atoms. The summed E-state index contributed by atoms with van der Waals surface area (Å²) in [7, 11) is 0. The van der Waals surface area contributed by atoms with Gasteiger partial charge in [-0.25, -0.2) is 4.98 Å². The van der Waals surface area contributed by atoms with E-state index in [1.54, 1.807) is 35.3 Å². The molecule has 2 atom stereocenters. The fourth-order valence-corrected chi connectivity index (χ4v) is 6.42. The minimum absolute atomic E-state index is 0.0274. The van der Waals surface area contributed by atoms with E-state index < -0.39 is 22.9 Å². The Labute approximate surface area is 174 Å². The lowest BCUT2D eigenvalue weighted by Crippen LogP contribution is -2.45. The molecule has 9 heteroatoms. The molecule has 0 aliphatic heterocycles. The molecule has 0 radical (unpaired) electrons. The van der Waals surface area contributed by atoms with Gasteiger partial charge in [0.2, 0.25) is 0 Å². The van der Waals surface area contributed by atoms with Crippen LogP contribution in [0.1, 0.15) is 36.8 Å². The van der Waals surface area contributed by atoms with Gasteiger partial charge in [-0.3, -0.25) is 0 Å². The minimum Gasteiger partial charge on any atom is -0.388 e. The van der Waals surface area contributed by atoms with Gasteiger partial charge in [0.25, 0.3) is 0 Å². The third-order valence-electron chi connectivity index (χ3n) is 4.85. The molecule has 2 aromatic heterocycles. The van der Waals surface area contributed by atoms with Gasteiger partial charge in [0.15, 0.2) is 0 Å². The molecule has 150 valence electrons. The van der Waals surface area contributed by atoms with Crippen LogP contribution < -0.4 is 0 Å². The highest BCUT2D eigenvalue weighted by molar-refractivity contribution is 8.00. The Morgan fingerprint density at radius 1 is 1.43 bits per heavy atom. The lowest BCUT2D eigenvalue weighted by molar-refractivity contribution is -0.138. The van der Waals surface area contributed by atoms with Crippen LogP contribution in [-0.4, -0.2) is 33.0 Å². The molecule has 1 N–H and O–H groups in total. The van der Waals surface area contributed by atoms with Crippen molar-refractivity contribution in [2.75, 3.05) is 12.0 Å². The number of halogens is 3. The molecule has 1 fully saturated rings. The first-order valence-electron chi connectivity index (χ1n) is 8.72. The number of thioether (sulfide) groups is 2. The van der Waals surface area contributed by atoms with E-state index in [4.69, 9.17) is 0 Å². The number of thiophene rings is 1. The normalized spacial score (nSPS) is 22.8. The molecular formula is C19H19F3N2OS3. The summed E-state index contributed by atoms with van der Waals surface area (Å²) in [5.74, 6) is 0.214. The Kier molecular flexibility index (Phi) is 6.65. The smallest absolute Gasteiger partial charge is 0.388 e. The quantitative estimate of drug-likeness (QED) is 0.588. The van der Waals surface area contributed by atoms with Crippen LogP contribution in [0.5, 0.6) is 0 Å². The van der Waals surface area contributed by atoms with Crippen LogP contribution in [0.15, 0.2) is 28.6 Å². The lowest BCUT2D eigenvalue weighted by Gasteiger charge is -2.38. The van der Waals surface area contributed by atoms with Gasteiger partial charge in [0.05, 0.1) is 27.3 Å². The van der Waals surface area contributed by atoms with Crippen LogP contribution in [0.25, 0.3) is 10.6 Å².